The second-order valence-corrected chi connectivity index (χ2v) is 8.93. The zero-order valence-electron chi connectivity index (χ0n) is 16.9. The molecule has 0 aliphatic carbocycles. The van der Waals surface area contributed by atoms with Crippen molar-refractivity contribution in [2.45, 2.75) is 65.3 Å². The van der Waals surface area contributed by atoms with Gasteiger partial charge in [-0.1, -0.05) is 46.8 Å². The van der Waals surface area contributed by atoms with Crippen molar-refractivity contribution < 1.29 is 9.53 Å². The van der Waals surface area contributed by atoms with Gasteiger partial charge in [0.1, 0.15) is 5.75 Å². The van der Waals surface area contributed by atoms with Crippen LogP contribution in [0.2, 0.25) is 0 Å². The highest BCUT2D eigenvalue weighted by molar-refractivity contribution is 5.85. The fraction of sp³-hybridized carbons (Fsp3) is 0.667. The van der Waals surface area contributed by atoms with Gasteiger partial charge in [-0.15, -0.1) is 12.4 Å². The molecule has 0 spiro atoms. The summed E-state index contributed by atoms with van der Waals surface area (Å²) in [5.74, 6) is 1.08. The van der Waals surface area contributed by atoms with Crippen LogP contribution in [0.15, 0.2) is 24.3 Å². The van der Waals surface area contributed by atoms with Crippen LogP contribution in [0.5, 0.6) is 5.75 Å². The molecule has 1 atom stereocenters. The molecule has 1 amide bonds. The number of nitrogens with two attached hydrogens (primary N) is 1. The SMILES string of the molecule is CC(C)(C)c1ccc(OCCCC(=O)N2CCC(N)C(C)(C)C2)cc1.Cl. The van der Waals surface area contributed by atoms with Crippen LogP contribution in [-0.2, 0) is 10.2 Å². The average Bonchev–Trinajstić information content (AvgIpc) is 2.53. The van der Waals surface area contributed by atoms with E-state index in [1.54, 1.807) is 0 Å². The monoisotopic (exact) mass is 382 g/mol. The van der Waals surface area contributed by atoms with Gasteiger partial charge in [0, 0.05) is 25.6 Å². The van der Waals surface area contributed by atoms with Gasteiger partial charge in [-0.3, -0.25) is 4.79 Å². The standard InChI is InChI=1S/C21H34N2O2.ClH/c1-20(2,3)16-8-10-17(11-9-16)25-14-6-7-19(24)23-13-12-18(22)21(4,5)15-23;/h8-11,18H,6-7,12-15,22H2,1-5H3;1H. The first-order chi connectivity index (χ1) is 11.6. The molecule has 1 aliphatic rings. The van der Waals surface area contributed by atoms with Crippen LogP contribution in [0.1, 0.15) is 59.4 Å². The zero-order chi connectivity index (χ0) is 18.7. The number of ether oxygens (including phenoxy) is 1. The molecule has 0 aromatic heterocycles. The number of carbonyl (C=O) groups is 1. The number of rotatable bonds is 5. The molecule has 1 unspecified atom stereocenters. The summed E-state index contributed by atoms with van der Waals surface area (Å²) in [5, 5.41) is 0. The van der Waals surface area contributed by atoms with Crippen molar-refractivity contribution in [1.29, 1.82) is 0 Å². The van der Waals surface area contributed by atoms with Crippen molar-refractivity contribution in [3.8, 4) is 5.75 Å². The molecule has 148 valence electrons. The number of amides is 1. The molecule has 0 radical (unpaired) electrons. The Kier molecular flexibility index (Phi) is 7.97. The number of hydrogen-bond acceptors (Lipinski definition) is 3. The molecular formula is C21H35ClN2O2. The Morgan fingerprint density at radius 1 is 1.27 bits per heavy atom. The van der Waals surface area contributed by atoms with E-state index < -0.39 is 0 Å². The van der Waals surface area contributed by atoms with Crippen molar-refractivity contribution in [3.05, 3.63) is 29.8 Å². The Labute approximate surface area is 164 Å². The summed E-state index contributed by atoms with van der Waals surface area (Å²) in [5.41, 5.74) is 7.58. The summed E-state index contributed by atoms with van der Waals surface area (Å²) < 4.78 is 5.78. The number of benzene rings is 1. The van der Waals surface area contributed by atoms with Gasteiger partial charge < -0.3 is 15.4 Å². The predicted molar refractivity (Wildman–Crippen MR) is 110 cm³/mol. The van der Waals surface area contributed by atoms with Crippen LogP contribution in [0.25, 0.3) is 0 Å². The highest BCUT2D eigenvalue weighted by Gasteiger charge is 2.34. The number of nitrogens with zero attached hydrogens (tertiary/aromatic N) is 1. The highest BCUT2D eigenvalue weighted by atomic mass is 35.5. The molecule has 4 nitrogen and oxygen atoms in total. The van der Waals surface area contributed by atoms with Crippen LogP contribution < -0.4 is 10.5 Å². The highest BCUT2D eigenvalue weighted by Crippen LogP contribution is 2.28. The zero-order valence-corrected chi connectivity index (χ0v) is 17.7. The van der Waals surface area contributed by atoms with Gasteiger partial charge in [-0.05, 0) is 41.4 Å². The number of likely N-dealkylation sites (tertiary alicyclic amines) is 1. The van der Waals surface area contributed by atoms with Crippen molar-refractivity contribution in [2.24, 2.45) is 11.1 Å². The van der Waals surface area contributed by atoms with Crippen molar-refractivity contribution in [1.82, 2.24) is 4.90 Å². The number of hydrogen-bond donors (Lipinski definition) is 1. The van der Waals surface area contributed by atoms with E-state index in [2.05, 4.69) is 46.8 Å². The van der Waals surface area contributed by atoms with Crippen molar-refractivity contribution in [2.75, 3.05) is 19.7 Å². The molecule has 26 heavy (non-hydrogen) atoms. The maximum atomic E-state index is 12.4. The molecule has 0 saturated carbocycles. The van der Waals surface area contributed by atoms with Gasteiger partial charge in [-0.25, -0.2) is 0 Å². The quantitative estimate of drug-likeness (QED) is 0.778. The van der Waals surface area contributed by atoms with Crippen LogP contribution in [0.3, 0.4) is 0 Å². The van der Waals surface area contributed by atoms with E-state index in [0.717, 1.165) is 31.7 Å². The summed E-state index contributed by atoms with van der Waals surface area (Å²) in [6, 6.07) is 8.42. The average molecular weight is 383 g/mol. The Morgan fingerprint density at radius 3 is 2.42 bits per heavy atom. The topological polar surface area (TPSA) is 55.6 Å². The first-order valence-electron chi connectivity index (χ1n) is 9.36. The summed E-state index contributed by atoms with van der Waals surface area (Å²) in [6.45, 7) is 13.0. The lowest BCUT2D eigenvalue weighted by atomic mass is 9.79. The predicted octanol–water partition coefficient (Wildman–Crippen LogP) is 4.15. The van der Waals surface area contributed by atoms with E-state index >= 15 is 0 Å². The Morgan fingerprint density at radius 2 is 1.88 bits per heavy atom. The van der Waals surface area contributed by atoms with E-state index in [-0.39, 0.29) is 35.2 Å². The lowest BCUT2D eigenvalue weighted by Crippen LogP contribution is -2.54. The van der Waals surface area contributed by atoms with Gasteiger partial charge >= 0.3 is 0 Å². The van der Waals surface area contributed by atoms with Crippen LogP contribution in [-0.4, -0.2) is 36.5 Å². The summed E-state index contributed by atoms with van der Waals surface area (Å²) in [6.07, 6.45) is 2.16. The summed E-state index contributed by atoms with van der Waals surface area (Å²) >= 11 is 0. The third kappa shape index (κ3) is 6.17. The van der Waals surface area contributed by atoms with Crippen LogP contribution >= 0.6 is 12.4 Å². The van der Waals surface area contributed by atoms with E-state index in [9.17, 15) is 4.79 Å². The maximum absolute atomic E-state index is 12.4. The molecule has 1 aliphatic heterocycles. The minimum Gasteiger partial charge on any atom is -0.494 e. The molecule has 5 heteroatoms. The number of piperidine rings is 1. The van der Waals surface area contributed by atoms with Gasteiger partial charge in [0.25, 0.3) is 0 Å². The van der Waals surface area contributed by atoms with Gasteiger partial charge in [0.05, 0.1) is 6.61 Å². The molecule has 1 aromatic rings. The third-order valence-corrected chi connectivity index (χ3v) is 5.19. The molecule has 2 rings (SSSR count). The molecular weight excluding hydrogens is 348 g/mol. The van der Waals surface area contributed by atoms with E-state index in [1.165, 1.54) is 5.56 Å². The fourth-order valence-electron chi connectivity index (χ4n) is 3.21. The smallest absolute Gasteiger partial charge is 0.222 e. The van der Waals surface area contributed by atoms with Gasteiger partial charge in [-0.2, -0.15) is 0 Å². The van der Waals surface area contributed by atoms with Gasteiger partial charge in [0.15, 0.2) is 0 Å². The second-order valence-electron chi connectivity index (χ2n) is 8.93. The Hall–Kier alpha value is -1.26. The van der Waals surface area contributed by atoms with E-state index in [4.69, 9.17) is 10.5 Å². The first kappa shape index (κ1) is 22.8. The Balaban J connectivity index is 0.00000338. The second kappa shape index (κ2) is 9.09. The number of halogens is 1. The first-order valence-corrected chi connectivity index (χ1v) is 9.36. The third-order valence-electron chi connectivity index (χ3n) is 5.19. The minimum atomic E-state index is -0.000783. The summed E-state index contributed by atoms with van der Waals surface area (Å²) in [4.78, 5) is 14.3. The number of carbonyl (C=O) groups excluding carboxylic acids is 1. The van der Waals surface area contributed by atoms with Gasteiger partial charge in [0.2, 0.25) is 5.91 Å². The fourth-order valence-corrected chi connectivity index (χ4v) is 3.21. The normalized spacial score (nSPS) is 19.6. The Bertz CT molecular complexity index is 579. The molecule has 1 fully saturated rings. The maximum Gasteiger partial charge on any atom is 0.222 e. The van der Waals surface area contributed by atoms with E-state index in [0.29, 0.717) is 13.0 Å². The summed E-state index contributed by atoms with van der Waals surface area (Å²) in [7, 11) is 0. The van der Waals surface area contributed by atoms with E-state index in [1.807, 2.05) is 17.0 Å². The lowest BCUT2D eigenvalue weighted by Gasteiger charge is -2.42. The van der Waals surface area contributed by atoms with Crippen molar-refractivity contribution >= 4 is 18.3 Å². The minimum absolute atomic E-state index is 0. The van der Waals surface area contributed by atoms with Crippen LogP contribution in [0, 0.1) is 5.41 Å². The largest absolute Gasteiger partial charge is 0.494 e. The molecule has 0 bridgehead atoms. The van der Waals surface area contributed by atoms with Crippen molar-refractivity contribution in [3.63, 3.8) is 0 Å². The van der Waals surface area contributed by atoms with Crippen LogP contribution in [0.4, 0.5) is 0 Å². The molecule has 1 aromatic carbocycles. The molecule has 1 saturated heterocycles. The molecule has 2 N–H and O–H groups in total. The molecule has 1 heterocycles. The lowest BCUT2D eigenvalue weighted by molar-refractivity contribution is -0.134.